The van der Waals surface area contributed by atoms with E-state index in [2.05, 4.69) is 26.7 Å². The Morgan fingerprint density at radius 2 is 2.14 bits per heavy atom. The number of thiazole rings is 1. The number of nitriles is 1. The Kier molecular flexibility index (Phi) is 4.19. The highest BCUT2D eigenvalue weighted by Gasteiger charge is 2.23. The molecule has 0 radical (unpaired) electrons. The first kappa shape index (κ1) is 14.9. The predicted octanol–water partition coefficient (Wildman–Crippen LogP) is 3.35. The lowest BCUT2D eigenvalue weighted by Gasteiger charge is -2.15. The summed E-state index contributed by atoms with van der Waals surface area (Å²) in [7, 11) is 0. The van der Waals surface area contributed by atoms with Gasteiger partial charge in [0.05, 0.1) is 17.6 Å². The zero-order chi connectivity index (χ0) is 15.5. The number of hydrogen-bond acceptors (Lipinski definition) is 5. The van der Waals surface area contributed by atoms with Crippen LogP contribution in [0.15, 0.2) is 24.5 Å². The van der Waals surface area contributed by atoms with Gasteiger partial charge in [-0.1, -0.05) is 32.1 Å². The molecule has 0 atom stereocenters. The number of carbonyl (C=O) groups is 1. The second kappa shape index (κ2) is 5.89. The largest absolute Gasteiger partial charge is 0.325 e. The Labute approximate surface area is 126 Å². The molecule has 0 aliphatic carbocycles. The highest BCUT2D eigenvalue weighted by atomic mass is 32.1. The van der Waals surface area contributed by atoms with Crippen molar-refractivity contribution in [1.82, 2.24) is 9.97 Å². The average Bonchev–Trinajstić information content (AvgIpc) is 2.82. The topological polar surface area (TPSA) is 90.7 Å². The molecule has 0 aliphatic heterocycles. The van der Waals surface area contributed by atoms with Gasteiger partial charge in [0, 0.05) is 11.6 Å². The van der Waals surface area contributed by atoms with Gasteiger partial charge in [0.1, 0.15) is 10.9 Å². The van der Waals surface area contributed by atoms with Crippen LogP contribution in [-0.2, 0) is 5.41 Å². The smallest absolute Gasteiger partial charge is 0.306 e. The summed E-state index contributed by atoms with van der Waals surface area (Å²) in [4.78, 5) is 20.6. The van der Waals surface area contributed by atoms with Crippen LogP contribution in [0, 0.1) is 11.3 Å². The first-order valence-corrected chi connectivity index (χ1v) is 7.11. The van der Waals surface area contributed by atoms with Gasteiger partial charge in [0.25, 0.3) is 0 Å². The number of urea groups is 1. The maximum Gasteiger partial charge on any atom is 0.325 e. The molecule has 21 heavy (non-hydrogen) atoms. The molecule has 0 saturated heterocycles. The van der Waals surface area contributed by atoms with Crippen molar-refractivity contribution in [3.05, 3.63) is 35.1 Å². The molecule has 2 aromatic heterocycles. The normalized spacial score (nSPS) is 10.8. The molecule has 2 rings (SSSR count). The van der Waals surface area contributed by atoms with Gasteiger partial charge in [-0.2, -0.15) is 5.26 Å². The zero-order valence-corrected chi connectivity index (χ0v) is 12.8. The van der Waals surface area contributed by atoms with Crippen molar-refractivity contribution >= 4 is 28.2 Å². The van der Waals surface area contributed by atoms with Crippen molar-refractivity contribution in [2.75, 3.05) is 10.6 Å². The second-order valence-electron chi connectivity index (χ2n) is 5.38. The van der Waals surface area contributed by atoms with E-state index in [0.29, 0.717) is 21.4 Å². The Morgan fingerprint density at radius 3 is 2.67 bits per heavy atom. The Bertz CT molecular complexity index is 682. The minimum Gasteiger partial charge on any atom is -0.306 e. The molecule has 108 valence electrons. The van der Waals surface area contributed by atoms with Crippen LogP contribution in [0.5, 0.6) is 0 Å². The van der Waals surface area contributed by atoms with Gasteiger partial charge >= 0.3 is 6.03 Å². The Morgan fingerprint density at radius 1 is 1.38 bits per heavy atom. The number of carbonyl (C=O) groups excluding carboxylic acids is 1. The van der Waals surface area contributed by atoms with Crippen molar-refractivity contribution in [2.45, 2.75) is 26.2 Å². The fourth-order valence-corrected chi connectivity index (χ4v) is 2.62. The summed E-state index contributed by atoms with van der Waals surface area (Å²) in [5, 5.41) is 14.8. The van der Waals surface area contributed by atoms with Crippen LogP contribution in [0.2, 0.25) is 0 Å². The van der Waals surface area contributed by atoms with Crippen molar-refractivity contribution < 1.29 is 4.79 Å². The molecule has 0 unspecified atom stereocenters. The molecule has 0 aromatic carbocycles. The number of pyridine rings is 1. The van der Waals surface area contributed by atoms with Crippen LogP contribution in [-0.4, -0.2) is 16.0 Å². The van der Waals surface area contributed by atoms with Gasteiger partial charge in [-0.05, 0) is 12.1 Å². The SMILES string of the molecule is CC(C)(C)c1nc(NC(=O)Nc2cccnc2)sc1C#N. The van der Waals surface area contributed by atoms with Crippen LogP contribution in [0.4, 0.5) is 15.6 Å². The van der Waals surface area contributed by atoms with Crippen molar-refractivity contribution in [2.24, 2.45) is 0 Å². The van der Waals surface area contributed by atoms with E-state index in [0.717, 1.165) is 0 Å². The van der Waals surface area contributed by atoms with Crippen LogP contribution in [0.1, 0.15) is 31.3 Å². The highest BCUT2D eigenvalue weighted by molar-refractivity contribution is 7.16. The van der Waals surface area contributed by atoms with E-state index in [4.69, 9.17) is 5.26 Å². The Balaban J connectivity index is 2.12. The quantitative estimate of drug-likeness (QED) is 0.890. The number of nitrogens with one attached hydrogen (secondary N) is 2. The number of hydrogen-bond donors (Lipinski definition) is 2. The fourth-order valence-electron chi connectivity index (χ4n) is 1.65. The first-order valence-electron chi connectivity index (χ1n) is 6.29. The van der Waals surface area contributed by atoms with Crippen molar-refractivity contribution in [1.29, 1.82) is 5.26 Å². The summed E-state index contributed by atoms with van der Waals surface area (Å²) in [6, 6.07) is 5.16. The first-order chi connectivity index (χ1) is 9.90. The van der Waals surface area contributed by atoms with Gasteiger partial charge < -0.3 is 5.32 Å². The third-order valence-electron chi connectivity index (χ3n) is 2.58. The molecule has 0 spiro atoms. The van der Waals surface area contributed by atoms with Gasteiger partial charge in [0.15, 0.2) is 5.13 Å². The summed E-state index contributed by atoms with van der Waals surface area (Å²) >= 11 is 1.17. The van der Waals surface area contributed by atoms with E-state index in [9.17, 15) is 4.79 Å². The van der Waals surface area contributed by atoms with Crippen LogP contribution < -0.4 is 10.6 Å². The Hall–Kier alpha value is -2.46. The lowest BCUT2D eigenvalue weighted by atomic mass is 9.91. The maximum absolute atomic E-state index is 11.9. The second-order valence-corrected chi connectivity index (χ2v) is 6.38. The number of aromatic nitrogens is 2. The molecule has 6 nitrogen and oxygen atoms in total. The van der Waals surface area contributed by atoms with Crippen LogP contribution >= 0.6 is 11.3 Å². The third kappa shape index (κ3) is 3.77. The van der Waals surface area contributed by atoms with E-state index in [1.54, 1.807) is 24.5 Å². The number of anilines is 2. The molecule has 2 N–H and O–H groups in total. The van der Waals surface area contributed by atoms with Gasteiger partial charge in [-0.25, -0.2) is 9.78 Å². The molecular formula is C14H15N5OS. The van der Waals surface area contributed by atoms with Gasteiger partial charge in [0.2, 0.25) is 0 Å². The fraction of sp³-hybridized carbons (Fsp3) is 0.286. The molecular weight excluding hydrogens is 286 g/mol. The zero-order valence-electron chi connectivity index (χ0n) is 12.0. The predicted molar refractivity (Wildman–Crippen MR) is 82.4 cm³/mol. The molecule has 0 saturated carbocycles. The van der Waals surface area contributed by atoms with Crippen LogP contribution in [0.3, 0.4) is 0 Å². The van der Waals surface area contributed by atoms with E-state index < -0.39 is 6.03 Å². The minimum atomic E-state index is -0.415. The summed E-state index contributed by atoms with van der Waals surface area (Å²) < 4.78 is 0. The van der Waals surface area contributed by atoms with Gasteiger partial charge in [-0.15, -0.1) is 0 Å². The summed E-state index contributed by atoms with van der Waals surface area (Å²) in [5.74, 6) is 0. The molecule has 2 aromatic rings. The monoisotopic (exact) mass is 301 g/mol. The van der Waals surface area contributed by atoms with E-state index in [-0.39, 0.29) is 5.41 Å². The van der Waals surface area contributed by atoms with Crippen LogP contribution in [0.25, 0.3) is 0 Å². The lowest BCUT2D eigenvalue weighted by Crippen LogP contribution is -2.20. The number of rotatable bonds is 2. The molecule has 2 heterocycles. The molecule has 0 bridgehead atoms. The van der Waals surface area contributed by atoms with Gasteiger partial charge in [-0.3, -0.25) is 10.3 Å². The van der Waals surface area contributed by atoms with E-state index in [1.165, 1.54) is 11.3 Å². The molecule has 2 amide bonds. The van der Waals surface area contributed by atoms with E-state index in [1.807, 2.05) is 20.8 Å². The standard InChI is InChI=1S/C14H15N5OS/c1-14(2,3)11-10(7-15)21-13(18-11)19-12(20)17-9-5-4-6-16-8-9/h4-6,8H,1-3H3,(H2,17,18,19,20). The number of amides is 2. The summed E-state index contributed by atoms with van der Waals surface area (Å²) in [6.07, 6.45) is 3.17. The molecule has 0 fully saturated rings. The average molecular weight is 301 g/mol. The minimum absolute atomic E-state index is 0.249. The summed E-state index contributed by atoms with van der Waals surface area (Å²) in [6.45, 7) is 5.92. The lowest BCUT2D eigenvalue weighted by molar-refractivity contribution is 0.262. The van der Waals surface area contributed by atoms with Crippen molar-refractivity contribution in [3.8, 4) is 6.07 Å². The molecule has 7 heteroatoms. The third-order valence-corrected chi connectivity index (χ3v) is 3.45. The highest BCUT2D eigenvalue weighted by Crippen LogP contribution is 2.31. The molecule has 0 aliphatic rings. The van der Waals surface area contributed by atoms with Crippen molar-refractivity contribution in [3.63, 3.8) is 0 Å². The van der Waals surface area contributed by atoms with E-state index >= 15 is 0 Å². The maximum atomic E-state index is 11.9. The summed E-state index contributed by atoms with van der Waals surface area (Å²) in [5.41, 5.74) is 1.02. The number of nitrogens with zero attached hydrogens (tertiary/aromatic N) is 3.